The number of carbonyl (C=O) groups excluding carboxylic acids is 1. The molecule has 5 nitrogen and oxygen atoms in total. The van der Waals surface area contributed by atoms with Gasteiger partial charge in [0.15, 0.2) is 5.65 Å². The third-order valence-electron chi connectivity index (χ3n) is 3.01. The van der Waals surface area contributed by atoms with Gasteiger partial charge in [0.25, 0.3) is 0 Å². The zero-order valence-electron chi connectivity index (χ0n) is 13.5. The summed E-state index contributed by atoms with van der Waals surface area (Å²) in [5.41, 5.74) is 0.715. The fourth-order valence-electron chi connectivity index (χ4n) is 2.17. The Morgan fingerprint density at radius 3 is 2.38 bits per heavy atom. The highest BCUT2D eigenvalue weighted by atomic mass is 19.4. The first-order chi connectivity index (χ1) is 10.4. The Kier molecular flexibility index (Phi) is 5.63. The van der Waals surface area contributed by atoms with Gasteiger partial charge in [0.05, 0.1) is 0 Å². The number of nitrogens with zero attached hydrogens (tertiary/aromatic N) is 3. The molecular formula is C16H23F3N4O. The van der Waals surface area contributed by atoms with Crippen molar-refractivity contribution in [3.05, 3.63) is 17.8 Å². The molecule has 0 aliphatic rings. The molecule has 0 fully saturated rings. The summed E-state index contributed by atoms with van der Waals surface area (Å²) in [5.74, 6) is -0.516. The number of nitrogens with one attached hydrogen (secondary N) is 1. The fraction of sp³-hybridized carbons (Fsp3) is 0.562. The summed E-state index contributed by atoms with van der Waals surface area (Å²) in [6.07, 6.45) is -4.27. The van der Waals surface area contributed by atoms with Crippen molar-refractivity contribution >= 4 is 23.0 Å². The average Bonchev–Trinajstić information content (AvgIpc) is 2.63. The van der Waals surface area contributed by atoms with Gasteiger partial charge in [0.1, 0.15) is 12.1 Å². The van der Waals surface area contributed by atoms with E-state index in [-0.39, 0.29) is 36.8 Å². The highest BCUT2D eigenvalue weighted by molar-refractivity contribution is 5.91. The number of pyridine rings is 1. The van der Waals surface area contributed by atoms with Gasteiger partial charge in [-0.3, -0.25) is 14.7 Å². The van der Waals surface area contributed by atoms with Crippen molar-refractivity contribution in [2.24, 2.45) is 5.41 Å². The Morgan fingerprint density at radius 2 is 1.83 bits per heavy atom. The summed E-state index contributed by atoms with van der Waals surface area (Å²) < 4.78 is 39.4. The van der Waals surface area contributed by atoms with E-state index in [1.54, 1.807) is 19.1 Å². The lowest BCUT2D eigenvalue weighted by molar-refractivity contribution is -0.139. The Bertz CT molecular complexity index is 729. The predicted molar refractivity (Wildman–Crippen MR) is 87.8 cm³/mol. The molecule has 0 spiro atoms. The van der Waals surface area contributed by atoms with Gasteiger partial charge in [-0.2, -0.15) is 13.2 Å². The molecule has 2 aromatic rings. The van der Waals surface area contributed by atoms with Crippen LogP contribution in [-0.2, 0) is 11.3 Å². The molecule has 0 saturated heterocycles. The molecule has 0 atom stereocenters. The summed E-state index contributed by atoms with van der Waals surface area (Å²) in [6.45, 7) is 6.04. The summed E-state index contributed by atoms with van der Waals surface area (Å²) in [6, 6.07) is 3.25. The topological polar surface area (TPSA) is 59.8 Å². The molecule has 8 heteroatoms. The number of alkyl halides is 3. The van der Waals surface area contributed by atoms with Gasteiger partial charge >= 0.3 is 6.18 Å². The van der Waals surface area contributed by atoms with E-state index in [1.165, 1.54) is 0 Å². The van der Waals surface area contributed by atoms with E-state index < -0.39 is 12.7 Å². The largest absolute Gasteiger partial charge is 0.406 e. The molecule has 0 aliphatic carbocycles. The number of halogens is 3. The van der Waals surface area contributed by atoms with E-state index in [0.717, 1.165) is 4.57 Å². The molecule has 2 heterocycles. The van der Waals surface area contributed by atoms with Gasteiger partial charge in [0, 0.05) is 12.1 Å². The van der Waals surface area contributed by atoms with Crippen LogP contribution in [0.5, 0.6) is 0 Å². The predicted octanol–water partition coefficient (Wildman–Crippen LogP) is 4.31. The molecule has 1 N–H and O–H groups in total. The van der Waals surface area contributed by atoms with E-state index in [1.807, 2.05) is 20.8 Å². The highest BCUT2D eigenvalue weighted by Gasteiger charge is 2.31. The van der Waals surface area contributed by atoms with E-state index in [0.29, 0.717) is 11.2 Å². The van der Waals surface area contributed by atoms with Gasteiger partial charge in [-0.25, -0.2) is 9.97 Å². The van der Waals surface area contributed by atoms with Crippen LogP contribution in [0.1, 0.15) is 40.3 Å². The summed E-state index contributed by atoms with van der Waals surface area (Å²) >= 11 is 0. The third kappa shape index (κ3) is 5.21. The molecule has 0 bridgehead atoms. The van der Waals surface area contributed by atoms with E-state index >= 15 is 0 Å². The highest BCUT2D eigenvalue weighted by Crippen LogP contribution is 2.26. The van der Waals surface area contributed by atoms with Crippen molar-refractivity contribution in [1.82, 2.24) is 14.5 Å². The van der Waals surface area contributed by atoms with Crippen molar-refractivity contribution in [1.29, 1.82) is 0 Å². The first-order valence-corrected chi connectivity index (χ1v) is 7.15. The standard InChI is InChI=1S/C15H19F3N4O.CH4/c1-9-5-6-10-12(19-9)22(8-15(16,17)18)13(20-10)21-11(23)7-14(2,3)4;/h5-6H,7-8H2,1-4H3,(H,20,21,23);1H4. The van der Waals surface area contributed by atoms with Crippen LogP contribution in [-0.4, -0.2) is 26.6 Å². The second kappa shape index (κ2) is 6.78. The first-order valence-electron chi connectivity index (χ1n) is 7.15. The van der Waals surface area contributed by atoms with Crippen LogP contribution in [0.4, 0.5) is 19.1 Å². The normalized spacial score (nSPS) is 12.1. The summed E-state index contributed by atoms with van der Waals surface area (Å²) in [5, 5.41) is 2.47. The molecule has 2 rings (SSSR count). The second-order valence-electron chi connectivity index (χ2n) is 6.72. The number of aryl methyl sites for hydroxylation is 1. The van der Waals surface area contributed by atoms with E-state index in [2.05, 4.69) is 15.3 Å². The molecule has 0 radical (unpaired) electrons. The van der Waals surface area contributed by atoms with E-state index in [9.17, 15) is 18.0 Å². The number of aromatic nitrogens is 3. The van der Waals surface area contributed by atoms with Crippen LogP contribution >= 0.6 is 0 Å². The minimum absolute atomic E-state index is 0. The second-order valence-corrected chi connectivity index (χ2v) is 6.72. The molecule has 2 aromatic heterocycles. The number of amides is 1. The summed E-state index contributed by atoms with van der Waals surface area (Å²) in [7, 11) is 0. The molecular weight excluding hydrogens is 321 g/mol. The zero-order valence-corrected chi connectivity index (χ0v) is 13.5. The Balaban J connectivity index is 0.00000288. The monoisotopic (exact) mass is 344 g/mol. The van der Waals surface area contributed by atoms with Crippen molar-refractivity contribution < 1.29 is 18.0 Å². The zero-order chi connectivity index (χ0) is 17.4. The van der Waals surface area contributed by atoms with Crippen LogP contribution in [0.15, 0.2) is 12.1 Å². The third-order valence-corrected chi connectivity index (χ3v) is 3.01. The lowest BCUT2D eigenvalue weighted by Crippen LogP contribution is -2.24. The summed E-state index contributed by atoms with van der Waals surface area (Å²) in [4.78, 5) is 20.2. The lowest BCUT2D eigenvalue weighted by Gasteiger charge is -2.17. The number of carbonyl (C=O) groups is 1. The van der Waals surface area contributed by atoms with Gasteiger partial charge < -0.3 is 0 Å². The minimum Gasteiger partial charge on any atom is -0.296 e. The Labute approximate surface area is 139 Å². The fourth-order valence-corrected chi connectivity index (χ4v) is 2.17. The molecule has 24 heavy (non-hydrogen) atoms. The van der Waals surface area contributed by atoms with Crippen LogP contribution in [0.3, 0.4) is 0 Å². The van der Waals surface area contributed by atoms with Crippen LogP contribution in [0.2, 0.25) is 0 Å². The van der Waals surface area contributed by atoms with Crippen LogP contribution in [0, 0.1) is 12.3 Å². The van der Waals surface area contributed by atoms with Crippen molar-refractivity contribution in [2.45, 2.75) is 54.3 Å². The number of anilines is 1. The van der Waals surface area contributed by atoms with Gasteiger partial charge in [-0.05, 0) is 24.5 Å². The van der Waals surface area contributed by atoms with E-state index in [4.69, 9.17) is 0 Å². The quantitative estimate of drug-likeness (QED) is 0.902. The van der Waals surface area contributed by atoms with Gasteiger partial charge in [-0.1, -0.05) is 28.2 Å². The first kappa shape index (κ1) is 19.9. The van der Waals surface area contributed by atoms with Crippen LogP contribution in [0.25, 0.3) is 11.2 Å². The minimum atomic E-state index is -4.44. The maximum Gasteiger partial charge on any atom is 0.406 e. The van der Waals surface area contributed by atoms with Crippen molar-refractivity contribution in [3.8, 4) is 0 Å². The number of rotatable bonds is 3. The maximum absolute atomic E-state index is 12.8. The SMILES string of the molecule is C.Cc1ccc2nc(NC(=O)CC(C)(C)C)n(CC(F)(F)F)c2n1. The number of fused-ring (bicyclic) bond motifs is 1. The van der Waals surface area contributed by atoms with Gasteiger partial charge in [-0.15, -0.1) is 0 Å². The molecule has 0 aromatic carbocycles. The van der Waals surface area contributed by atoms with Crippen LogP contribution < -0.4 is 5.32 Å². The Hall–Kier alpha value is -2.12. The average molecular weight is 344 g/mol. The molecule has 0 saturated carbocycles. The Morgan fingerprint density at radius 1 is 1.21 bits per heavy atom. The molecule has 134 valence electrons. The number of imidazole rings is 1. The molecule has 1 amide bonds. The maximum atomic E-state index is 12.8. The molecule has 0 aliphatic heterocycles. The van der Waals surface area contributed by atoms with Gasteiger partial charge in [0.2, 0.25) is 11.9 Å². The number of hydrogen-bond acceptors (Lipinski definition) is 3. The lowest BCUT2D eigenvalue weighted by atomic mass is 9.92. The number of hydrogen-bond donors (Lipinski definition) is 1. The van der Waals surface area contributed by atoms with Crippen molar-refractivity contribution in [2.75, 3.05) is 5.32 Å². The smallest absolute Gasteiger partial charge is 0.296 e. The molecule has 0 unspecified atom stereocenters. The van der Waals surface area contributed by atoms with Crippen molar-refractivity contribution in [3.63, 3.8) is 0 Å².